The van der Waals surface area contributed by atoms with Gasteiger partial charge >= 0.3 is 6.09 Å². The summed E-state index contributed by atoms with van der Waals surface area (Å²) in [6.45, 7) is 5.84. The summed E-state index contributed by atoms with van der Waals surface area (Å²) in [4.78, 5) is 22.9. The van der Waals surface area contributed by atoms with E-state index in [0.29, 0.717) is 12.1 Å². The van der Waals surface area contributed by atoms with Gasteiger partial charge in [-0.2, -0.15) is 0 Å². The molecule has 0 radical (unpaired) electrons. The quantitative estimate of drug-likeness (QED) is 0.861. The predicted molar refractivity (Wildman–Crippen MR) is 90.3 cm³/mol. The molecule has 4 heteroatoms. The van der Waals surface area contributed by atoms with Gasteiger partial charge < -0.3 is 10.1 Å². The molecule has 2 rings (SSSR count). The number of nitrogens with one attached hydrogen (secondary N) is 1. The van der Waals surface area contributed by atoms with Gasteiger partial charge in [0, 0.05) is 12.1 Å². The summed E-state index contributed by atoms with van der Waals surface area (Å²) in [6.07, 6.45) is 0.400. The van der Waals surface area contributed by atoms with Crippen molar-refractivity contribution in [3.63, 3.8) is 0 Å². The van der Waals surface area contributed by atoms with Crippen LogP contribution in [-0.4, -0.2) is 18.0 Å². The monoisotopic (exact) mass is 311 g/mol. The lowest BCUT2D eigenvalue weighted by Crippen LogP contribution is -2.32. The molecule has 2 aromatic carbocycles. The van der Waals surface area contributed by atoms with E-state index >= 15 is 0 Å². The average molecular weight is 311 g/mol. The van der Waals surface area contributed by atoms with Crippen LogP contribution >= 0.6 is 0 Å². The molecule has 0 saturated heterocycles. The Morgan fingerprint density at radius 3 is 2.57 bits per heavy atom. The fourth-order valence-corrected chi connectivity index (χ4v) is 2.20. The highest BCUT2D eigenvalue weighted by molar-refractivity contribution is 5.87. The first-order valence-corrected chi connectivity index (χ1v) is 7.49. The maximum atomic E-state index is 11.7. The maximum absolute atomic E-state index is 11.7. The van der Waals surface area contributed by atoms with E-state index < -0.39 is 11.7 Å². The first kappa shape index (κ1) is 16.7. The Balaban J connectivity index is 2.11. The average Bonchev–Trinajstić information content (AvgIpc) is 2.51. The number of carbonyl (C=O) groups excluding carboxylic acids is 2. The van der Waals surface area contributed by atoms with Crippen LogP contribution in [-0.2, 0) is 11.3 Å². The minimum atomic E-state index is -0.519. The van der Waals surface area contributed by atoms with Crippen molar-refractivity contribution in [2.24, 2.45) is 0 Å². The molecule has 0 aliphatic rings. The molecule has 2 aromatic rings. The summed E-state index contributed by atoms with van der Waals surface area (Å²) in [7, 11) is 0. The lowest BCUT2D eigenvalue weighted by Gasteiger charge is -2.19. The first-order valence-electron chi connectivity index (χ1n) is 7.49. The molecule has 0 saturated carbocycles. The van der Waals surface area contributed by atoms with Crippen molar-refractivity contribution in [1.82, 2.24) is 5.32 Å². The number of hydrogen-bond acceptors (Lipinski definition) is 3. The molecule has 4 nitrogen and oxygen atoms in total. The largest absolute Gasteiger partial charge is 0.444 e. The van der Waals surface area contributed by atoms with E-state index in [0.717, 1.165) is 23.0 Å². The molecule has 1 amide bonds. The van der Waals surface area contributed by atoms with Gasteiger partial charge in [0.15, 0.2) is 6.29 Å². The van der Waals surface area contributed by atoms with Crippen molar-refractivity contribution in [1.29, 1.82) is 0 Å². The van der Waals surface area contributed by atoms with Crippen molar-refractivity contribution in [2.45, 2.75) is 32.9 Å². The Morgan fingerprint density at radius 1 is 1.13 bits per heavy atom. The third kappa shape index (κ3) is 4.95. The molecular formula is C19H21NO3. The second kappa shape index (κ2) is 7.09. The predicted octanol–water partition coefficient (Wildman–Crippen LogP) is 4.19. The Hall–Kier alpha value is -2.62. The second-order valence-electron chi connectivity index (χ2n) is 6.26. The minimum Gasteiger partial charge on any atom is -0.444 e. The molecule has 0 aliphatic heterocycles. The third-order valence-corrected chi connectivity index (χ3v) is 3.16. The van der Waals surface area contributed by atoms with E-state index in [4.69, 9.17) is 4.74 Å². The van der Waals surface area contributed by atoms with Gasteiger partial charge in [0.2, 0.25) is 0 Å². The van der Waals surface area contributed by atoms with Crippen LogP contribution in [0, 0.1) is 0 Å². The molecule has 23 heavy (non-hydrogen) atoms. The summed E-state index contributed by atoms with van der Waals surface area (Å²) in [5, 5.41) is 2.73. The maximum Gasteiger partial charge on any atom is 0.407 e. The zero-order chi connectivity index (χ0) is 16.9. The van der Waals surface area contributed by atoms with Gasteiger partial charge in [-0.05, 0) is 43.5 Å². The van der Waals surface area contributed by atoms with E-state index in [-0.39, 0.29) is 0 Å². The molecule has 0 spiro atoms. The van der Waals surface area contributed by atoms with Crippen molar-refractivity contribution in [3.05, 3.63) is 59.7 Å². The molecule has 0 aromatic heterocycles. The van der Waals surface area contributed by atoms with Crippen LogP contribution in [0.1, 0.15) is 36.7 Å². The number of benzene rings is 2. The molecule has 0 heterocycles. The highest BCUT2D eigenvalue weighted by Gasteiger charge is 2.15. The lowest BCUT2D eigenvalue weighted by molar-refractivity contribution is 0.0523. The van der Waals surface area contributed by atoms with Gasteiger partial charge in [0.25, 0.3) is 0 Å². The van der Waals surface area contributed by atoms with Crippen molar-refractivity contribution >= 4 is 12.4 Å². The van der Waals surface area contributed by atoms with Crippen molar-refractivity contribution < 1.29 is 14.3 Å². The first-order chi connectivity index (χ1) is 10.9. The zero-order valence-corrected chi connectivity index (χ0v) is 13.6. The van der Waals surface area contributed by atoms with Gasteiger partial charge in [0.1, 0.15) is 5.60 Å². The second-order valence-corrected chi connectivity index (χ2v) is 6.26. The van der Waals surface area contributed by atoms with E-state index in [9.17, 15) is 9.59 Å². The van der Waals surface area contributed by atoms with Gasteiger partial charge in [-0.1, -0.05) is 42.5 Å². The van der Waals surface area contributed by atoms with E-state index in [1.54, 1.807) is 6.07 Å². The summed E-state index contributed by atoms with van der Waals surface area (Å²) < 4.78 is 5.21. The van der Waals surface area contributed by atoms with Gasteiger partial charge in [-0.25, -0.2) is 4.79 Å². The Bertz CT molecular complexity index is 702. The number of ether oxygens (including phenoxy) is 1. The van der Waals surface area contributed by atoms with E-state index in [2.05, 4.69) is 5.32 Å². The molecule has 0 fully saturated rings. The van der Waals surface area contributed by atoms with E-state index in [1.165, 1.54) is 0 Å². The summed E-state index contributed by atoms with van der Waals surface area (Å²) in [5.41, 5.74) is 2.88. The molecular weight excluding hydrogens is 290 g/mol. The summed E-state index contributed by atoms with van der Waals surface area (Å²) >= 11 is 0. The fraction of sp³-hybridized carbons (Fsp3) is 0.263. The molecule has 120 valence electrons. The standard InChI is InChI=1S/C19H21NO3/c1-19(2,3)23-18(22)20-12-14-7-6-9-15(11-14)17-10-5-4-8-16(17)13-21/h4-11,13H,12H2,1-3H3,(H,20,22). The lowest BCUT2D eigenvalue weighted by atomic mass is 9.99. The molecule has 0 bridgehead atoms. The molecule has 0 atom stereocenters. The van der Waals surface area contributed by atoms with Crippen LogP contribution in [0.5, 0.6) is 0 Å². The van der Waals surface area contributed by atoms with Gasteiger partial charge in [-0.3, -0.25) is 4.79 Å². The van der Waals surface area contributed by atoms with Crippen LogP contribution in [0.4, 0.5) is 4.79 Å². The van der Waals surface area contributed by atoms with Crippen LogP contribution in [0.25, 0.3) is 11.1 Å². The smallest absolute Gasteiger partial charge is 0.407 e. The molecule has 0 unspecified atom stereocenters. The normalized spacial score (nSPS) is 10.9. The zero-order valence-electron chi connectivity index (χ0n) is 13.6. The minimum absolute atomic E-state index is 0.367. The Labute approximate surface area is 136 Å². The highest BCUT2D eigenvalue weighted by Crippen LogP contribution is 2.23. The van der Waals surface area contributed by atoms with Crippen LogP contribution in [0.2, 0.25) is 0 Å². The third-order valence-electron chi connectivity index (χ3n) is 3.16. The molecule has 1 N–H and O–H groups in total. The highest BCUT2D eigenvalue weighted by atomic mass is 16.6. The number of rotatable bonds is 4. The van der Waals surface area contributed by atoms with Gasteiger partial charge in [0.05, 0.1) is 0 Å². The number of amides is 1. The van der Waals surface area contributed by atoms with E-state index in [1.807, 2.05) is 63.2 Å². The topological polar surface area (TPSA) is 55.4 Å². The van der Waals surface area contributed by atoms with Crippen LogP contribution in [0.15, 0.2) is 48.5 Å². The van der Waals surface area contributed by atoms with Gasteiger partial charge in [-0.15, -0.1) is 0 Å². The summed E-state index contributed by atoms with van der Waals surface area (Å²) in [6, 6.07) is 15.2. The Kier molecular flexibility index (Phi) is 5.16. The van der Waals surface area contributed by atoms with Crippen LogP contribution < -0.4 is 5.32 Å². The SMILES string of the molecule is CC(C)(C)OC(=O)NCc1cccc(-c2ccccc2C=O)c1. The van der Waals surface area contributed by atoms with Crippen molar-refractivity contribution in [3.8, 4) is 11.1 Å². The number of alkyl carbamates (subject to hydrolysis) is 1. The van der Waals surface area contributed by atoms with Crippen molar-refractivity contribution in [2.75, 3.05) is 0 Å². The summed E-state index contributed by atoms with van der Waals surface area (Å²) in [5.74, 6) is 0. The number of hydrogen-bond donors (Lipinski definition) is 1. The number of aldehydes is 1. The number of carbonyl (C=O) groups is 2. The van der Waals surface area contributed by atoms with Crippen LogP contribution in [0.3, 0.4) is 0 Å². The fourth-order valence-electron chi connectivity index (χ4n) is 2.20. The molecule has 0 aliphatic carbocycles. The Morgan fingerprint density at radius 2 is 1.87 bits per heavy atom.